The third-order valence-corrected chi connectivity index (χ3v) is 3.96. The van der Waals surface area contributed by atoms with Crippen LogP contribution < -0.4 is 0 Å². The van der Waals surface area contributed by atoms with Gasteiger partial charge in [0, 0.05) is 5.92 Å². The van der Waals surface area contributed by atoms with Crippen LogP contribution >= 0.6 is 0 Å². The van der Waals surface area contributed by atoms with Crippen LogP contribution in [0.3, 0.4) is 0 Å². The Labute approximate surface area is 139 Å². The normalized spacial score (nSPS) is 11.0. The molecule has 0 aliphatic carbocycles. The van der Waals surface area contributed by atoms with Crippen LogP contribution in [-0.4, -0.2) is 12.6 Å². The maximum atomic E-state index is 12.2. The first-order valence-electron chi connectivity index (χ1n) is 8.42. The molecule has 0 heterocycles. The van der Waals surface area contributed by atoms with Crippen molar-refractivity contribution in [1.29, 1.82) is 0 Å². The van der Waals surface area contributed by atoms with E-state index in [9.17, 15) is 4.79 Å². The average Bonchev–Trinajstić information content (AvgIpc) is 2.58. The van der Waals surface area contributed by atoms with Gasteiger partial charge in [0.25, 0.3) is 0 Å². The molecule has 0 unspecified atom stereocenters. The molecule has 122 valence electrons. The van der Waals surface area contributed by atoms with Gasteiger partial charge in [-0.15, -0.1) is 0 Å². The van der Waals surface area contributed by atoms with Gasteiger partial charge in [0.2, 0.25) is 0 Å². The van der Waals surface area contributed by atoms with E-state index >= 15 is 0 Å². The number of rotatable bonds is 8. The van der Waals surface area contributed by atoms with E-state index in [-0.39, 0.29) is 11.9 Å². The molecule has 0 fully saturated rings. The molecule has 2 nitrogen and oxygen atoms in total. The van der Waals surface area contributed by atoms with Gasteiger partial charge >= 0.3 is 5.97 Å². The van der Waals surface area contributed by atoms with E-state index in [0.717, 1.165) is 24.0 Å². The summed E-state index contributed by atoms with van der Waals surface area (Å²) in [5, 5.41) is 0. The molecule has 0 aromatic heterocycles. The van der Waals surface area contributed by atoms with Gasteiger partial charge in [-0.3, -0.25) is 4.79 Å². The second kappa shape index (κ2) is 9.14. The van der Waals surface area contributed by atoms with E-state index in [2.05, 4.69) is 38.1 Å². The van der Waals surface area contributed by atoms with Gasteiger partial charge in [-0.2, -0.15) is 0 Å². The van der Waals surface area contributed by atoms with Crippen molar-refractivity contribution in [3.8, 4) is 0 Å². The van der Waals surface area contributed by atoms with Crippen molar-refractivity contribution in [3.63, 3.8) is 0 Å². The van der Waals surface area contributed by atoms with Gasteiger partial charge in [0.05, 0.1) is 13.0 Å². The Morgan fingerprint density at radius 3 is 1.91 bits per heavy atom. The largest absolute Gasteiger partial charge is 0.466 e. The van der Waals surface area contributed by atoms with E-state index in [0.29, 0.717) is 18.9 Å². The lowest BCUT2D eigenvalue weighted by molar-refractivity contribution is -0.144. The lowest BCUT2D eigenvalue weighted by Gasteiger charge is -2.17. The van der Waals surface area contributed by atoms with Gasteiger partial charge < -0.3 is 4.74 Å². The first-order chi connectivity index (χ1) is 11.2. The summed E-state index contributed by atoms with van der Waals surface area (Å²) >= 11 is 0. The SMILES string of the molecule is CC(C)CCCOC(=O)CC(c1ccccc1)c1ccccc1. The third-order valence-electron chi connectivity index (χ3n) is 3.96. The van der Waals surface area contributed by atoms with Crippen LogP contribution in [0.5, 0.6) is 0 Å². The molecule has 0 amide bonds. The highest BCUT2D eigenvalue weighted by atomic mass is 16.5. The third kappa shape index (κ3) is 5.90. The molecule has 0 radical (unpaired) electrons. The van der Waals surface area contributed by atoms with E-state index in [1.165, 1.54) is 0 Å². The van der Waals surface area contributed by atoms with Gasteiger partial charge in [-0.05, 0) is 29.9 Å². The Hall–Kier alpha value is -2.09. The number of carbonyl (C=O) groups is 1. The number of ether oxygens (including phenoxy) is 1. The molecule has 0 aliphatic heterocycles. The van der Waals surface area contributed by atoms with E-state index in [1.54, 1.807) is 0 Å². The smallest absolute Gasteiger partial charge is 0.306 e. The minimum absolute atomic E-state index is 0.0509. The van der Waals surface area contributed by atoms with E-state index in [1.807, 2.05) is 36.4 Å². The number of benzene rings is 2. The van der Waals surface area contributed by atoms with Gasteiger partial charge in [-0.25, -0.2) is 0 Å². The summed E-state index contributed by atoms with van der Waals surface area (Å²) < 4.78 is 5.43. The fourth-order valence-corrected chi connectivity index (χ4v) is 2.70. The number of hydrogen-bond donors (Lipinski definition) is 0. The minimum Gasteiger partial charge on any atom is -0.466 e. The van der Waals surface area contributed by atoms with Crippen LogP contribution in [-0.2, 0) is 9.53 Å². The predicted molar refractivity (Wildman–Crippen MR) is 94.4 cm³/mol. The van der Waals surface area contributed by atoms with Crippen molar-refractivity contribution >= 4 is 5.97 Å². The minimum atomic E-state index is -0.119. The average molecular weight is 310 g/mol. The zero-order chi connectivity index (χ0) is 16.5. The van der Waals surface area contributed by atoms with Crippen LogP contribution in [0, 0.1) is 5.92 Å². The standard InChI is InChI=1S/C21H26O2/c1-17(2)10-9-15-23-21(22)16-20(18-11-5-3-6-12-18)19-13-7-4-8-14-19/h3-8,11-14,17,20H,9-10,15-16H2,1-2H3. The molecule has 0 saturated heterocycles. The van der Waals surface area contributed by atoms with Crippen molar-refractivity contribution in [3.05, 3.63) is 71.8 Å². The highest BCUT2D eigenvalue weighted by Crippen LogP contribution is 2.28. The lowest BCUT2D eigenvalue weighted by atomic mass is 9.89. The van der Waals surface area contributed by atoms with Crippen LogP contribution in [0.4, 0.5) is 0 Å². The monoisotopic (exact) mass is 310 g/mol. The van der Waals surface area contributed by atoms with E-state index in [4.69, 9.17) is 4.74 Å². The maximum absolute atomic E-state index is 12.2. The van der Waals surface area contributed by atoms with Crippen LogP contribution in [0.2, 0.25) is 0 Å². The van der Waals surface area contributed by atoms with Crippen molar-refractivity contribution in [2.45, 2.75) is 39.0 Å². The molecule has 2 heteroatoms. The zero-order valence-corrected chi connectivity index (χ0v) is 14.1. The van der Waals surface area contributed by atoms with Crippen LogP contribution in [0.15, 0.2) is 60.7 Å². The van der Waals surface area contributed by atoms with Crippen LogP contribution in [0.1, 0.15) is 50.2 Å². The predicted octanol–water partition coefficient (Wildman–Crippen LogP) is 5.19. The van der Waals surface area contributed by atoms with Crippen molar-refractivity contribution in [2.75, 3.05) is 6.61 Å². The highest BCUT2D eigenvalue weighted by Gasteiger charge is 2.18. The van der Waals surface area contributed by atoms with E-state index < -0.39 is 0 Å². The van der Waals surface area contributed by atoms with Crippen LogP contribution in [0.25, 0.3) is 0 Å². The quantitative estimate of drug-likeness (QED) is 0.495. The number of esters is 1. The van der Waals surface area contributed by atoms with Gasteiger partial charge in [-0.1, -0.05) is 74.5 Å². The first-order valence-corrected chi connectivity index (χ1v) is 8.42. The highest BCUT2D eigenvalue weighted by molar-refractivity contribution is 5.71. The summed E-state index contributed by atoms with van der Waals surface area (Å²) in [6.07, 6.45) is 2.41. The Morgan fingerprint density at radius 1 is 0.913 bits per heavy atom. The van der Waals surface area contributed by atoms with Gasteiger partial charge in [0.15, 0.2) is 0 Å². The fraction of sp³-hybridized carbons (Fsp3) is 0.381. The molecule has 0 saturated carbocycles. The summed E-state index contributed by atoms with van der Waals surface area (Å²) in [4.78, 5) is 12.2. The Bertz CT molecular complexity index is 536. The second-order valence-corrected chi connectivity index (χ2v) is 6.33. The molecule has 2 aromatic carbocycles. The molecule has 0 N–H and O–H groups in total. The zero-order valence-electron chi connectivity index (χ0n) is 14.1. The Balaban J connectivity index is 2.00. The molecule has 0 aliphatic rings. The molecule has 0 atom stereocenters. The van der Waals surface area contributed by atoms with Crippen molar-refractivity contribution < 1.29 is 9.53 Å². The molecular formula is C21H26O2. The van der Waals surface area contributed by atoms with Crippen molar-refractivity contribution in [2.24, 2.45) is 5.92 Å². The second-order valence-electron chi connectivity index (χ2n) is 6.33. The topological polar surface area (TPSA) is 26.3 Å². The number of hydrogen-bond acceptors (Lipinski definition) is 2. The molecule has 0 spiro atoms. The molecule has 23 heavy (non-hydrogen) atoms. The van der Waals surface area contributed by atoms with Crippen molar-refractivity contribution in [1.82, 2.24) is 0 Å². The molecule has 0 bridgehead atoms. The molecule has 2 rings (SSSR count). The molecular weight excluding hydrogens is 284 g/mol. The summed E-state index contributed by atoms with van der Waals surface area (Å²) in [5.74, 6) is 0.580. The maximum Gasteiger partial charge on any atom is 0.306 e. The first kappa shape index (κ1) is 17.3. The number of carbonyl (C=O) groups excluding carboxylic acids is 1. The van der Waals surface area contributed by atoms with Gasteiger partial charge in [0.1, 0.15) is 0 Å². The lowest BCUT2D eigenvalue weighted by Crippen LogP contribution is -2.12. The summed E-state index contributed by atoms with van der Waals surface area (Å²) in [6.45, 7) is 4.89. The fourth-order valence-electron chi connectivity index (χ4n) is 2.70. The Kier molecular flexibility index (Phi) is 6.86. The molecule has 2 aromatic rings. The summed E-state index contributed by atoms with van der Waals surface area (Å²) in [7, 11) is 0. The summed E-state index contributed by atoms with van der Waals surface area (Å²) in [6, 6.07) is 20.3. The summed E-state index contributed by atoms with van der Waals surface area (Å²) in [5.41, 5.74) is 2.30. The Morgan fingerprint density at radius 2 is 1.43 bits per heavy atom.